The summed E-state index contributed by atoms with van der Waals surface area (Å²) in [6, 6.07) is 3.73. The van der Waals surface area contributed by atoms with Gasteiger partial charge >= 0.3 is 5.97 Å². The van der Waals surface area contributed by atoms with Gasteiger partial charge in [0.2, 0.25) is 0 Å². The van der Waals surface area contributed by atoms with Crippen molar-refractivity contribution in [3.63, 3.8) is 0 Å². The normalized spacial score (nSPS) is 10.2. The fourth-order valence-electron chi connectivity index (χ4n) is 0.818. The van der Waals surface area contributed by atoms with Gasteiger partial charge in [-0.05, 0) is 12.1 Å². The fraction of sp³-hybridized carbons (Fsp3) is 0.375. The zero-order valence-corrected chi connectivity index (χ0v) is 8.40. The second-order valence-electron chi connectivity index (χ2n) is 2.40. The van der Waals surface area contributed by atoms with E-state index in [1.54, 1.807) is 0 Å². The maximum Gasteiger partial charge on any atom is 0.329 e. The quantitative estimate of drug-likeness (QED) is 0.773. The molecule has 13 heavy (non-hydrogen) atoms. The number of thiophene rings is 1. The van der Waals surface area contributed by atoms with E-state index >= 15 is 0 Å². The Bertz CT molecular complexity index is 285. The Morgan fingerprint density at radius 3 is 2.92 bits per heavy atom. The number of hydrogen-bond acceptors (Lipinski definition) is 3. The SMILES string of the molecule is O=C(O)COCCc1ccc(Cl)s1. The van der Waals surface area contributed by atoms with Gasteiger partial charge in [-0.15, -0.1) is 11.3 Å². The number of hydrogen-bond donors (Lipinski definition) is 1. The molecule has 0 aliphatic heterocycles. The molecule has 3 nitrogen and oxygen atoms in total. The standard InChI is InChI=1S/C8H9ClO3S/c9-7-2-1-6(13-7)3-4-12-5-8(10)11/h1-2H,3-5H2,(H,10,11). The van der Waals surface area contributed by atoms with Gasteiger partial charge in [-0.3, -0.25) is 0 Å². The van der Waals surface area contributed by atoms with Crippen LogP contribution < -0.4 is 0 Å². The molecule has 0 aliphatic carbocycles. The van der Waals surface area contributed by atoms with Gasteiger partial charge in [0.15, 0.2) is 0 Å². The minimum Gasteiger partial charge on any atom is -0.480 e. The summed E-state index contributed by atoms with van der Waals surface area (Å²) in [6.07, 6.45) is 0.713. The Balaban J connectivity index is 2.16. The summed E-state index contributed by atoms with van der Waals surface area (Å²) in [5.41, 5.74) is 0. The molecule has 1 N–H and O–H groups in total. The lowest BCUT2D eigenvalue weighted by atomic mass is 10.4. The predicted molar refractivity (Wildman–Crippen MR) is 51.5 cm³/mol. The summed E-state index contributed by atoms with van der Waals surface area (Å²) in [6.45, 7) is 0.183. The number of ether oxygens (including phenoxy) is 1. The van der Waals surface area contributed by atoms with Crippen molar-refractivity contribution in [2.24, 2.45) is 0 Å². The highest BCUT2D eigenvalue weighted by Crippen LogP contribution is 2.21. The molecule has 0 saturated heterocycles. The Morgan fingerprint density at radius 2 is 2.38 bits per heavy atom. The van der Waals surface area contributed by atoms with Gasteiger partial charge in [-0.1, -0.05) is 11.6 Å². The van der Waals surface area contributed by atoms with Crippen molar-refractivity contribution in [1.29, 1.82) is 0 Å². The summed E-state index contributed by atoms with van der Waals surface area (Å²) in [5, 5.41) is 8.27. The second kappa shape index (κ2) is 5.21. The molecule has 72 valence electrons. The summed E-state index contributed by atoms with van der Waals surface area (Å²) in [7, 11) is 0. The molecule has 1 aromatic heterocycles. The third-order valence-electron chi connectivity index (χ3n) is 1.35. The number of aliphatic carboxylic acids is 1. The van der Waals surface area contributed by atoms with E-state index in [2.05, 4.69) is 0 Å². The molecule has 0 atom stereocenters. The van der Waals surface area contributed by atoms with Crippen molar-refractivity contribution in [2.45, 2.75) is 6.42 Å². The lowest BCUT2D eigenvalue weighted by Crippen LogP contribution is -2.08. The summed E-state index contributed by atoms with van der Waals surface area (Å²) in [5.74, 6) is -0.941. The summed E-state index contributed by atoms with van der Waals surface area (Å²) in [4.78, 5) is 11.2. The third-order valence-corrected chi connectivity index (χ3v) is 2.64. The largest absolute Gasteiger partial charge is 0.480 e. The molecule has 0 fully saturated rings. The van der Waals surface area contributed by atoms with E-state index in [0.29, 0.717) is 13.0 Å². The molecule has 0 saturated carbocycles. The van der Waals surface area contributed by atoms with Crippen LogP contribution in [0.25, 0.3) is 0 Å². The molecule has 1 heterocycles. The zero-order valence-electron chi connectivity index (χ0n) is 6.83. The molecular weight excluding hydrogens is 212 g/mol. The predicted octanol–water partition coefficient (Wildman–Crippen LogP) is 2.05. The Kier molecular flexibility index (Phi) is 4.21. The van der Waals surface area contributed by atoms with Crippen LogP contribution in [-0.4, -0.2) is 24.3 Å². The van der Waals surface area contributed by atoms with Crippen LogP contribution in [0.2, 0.25) is 4.34 Å². The molecule has 1 rings (SSSR count). The van der Waals surface area contributed by atoms with Gasteiger partial charge in [0.1, 0.15) is 6.61 Å². The van der Waals surface area contributed by atoms with Gasteiger partial charge in [-0.25, -0.2) is 4.79 Å². The highest BCUT2D eigenvalue weighted by molar-refractivity contribution is 7.16. The highest BCUT2D eigenvalue weighted by Gasteiger charge is 1.99. The van der Waals surface area contributed by atoms with E-state index in [0.717, 1.165) is 9.21 Å². The third kappa shape index (κ3) is 4.26. The molecule has 1 aromatic rings. The molecule has 5 heteroatoms. The van der Waals surface area contributed by atoms with Gasteiger partial charge in [-0.2, -0.15) is 0 Å². The monoisotopic (exact) mass is 220 g/mol. The maximum absolute atomic E-state index is 10.1. The minimum absolute atomic E-state index is 0.237. The van der Waals surface area contributed by atoms with Crippen molar-refractivity contribution in [3.05, 3.63) is 21.3 Å². The molecule has 0 bridgehead atoms. The smallest absolute Gasteiger partial charge is 0.329 e. The van der Waals surface area contributed by atoms with Gasteiger partial charge in [0.25, 0.3) is 0 Å². The average Bonchev–Trinajstić information content (AvgIpc) is 2.45. The number of halogens is 1. The first kappa shape index (κ1) is 10.5. The van der Waals surface area contributed by atoms with Crippen molar-refractivity contribution in [3.8, 4) is 0 Å². The number of rotatable bonds is 5. The average molecular weight is 221 g/mol. The van der Waals surface area contributed by atoms with E-state index in [9.17, 15) is 4.79 Å². The molecule has 0 radical (unpaired) electrons. The van der Waals surface area contributed by atoms with E-state index in [1.807, 2.05) is 12.1 Å². The molecule has 0 aromatic carbocycles. The molecule has 0 spiro atoms. The lowest BCUT2D eigenvalue weighted by molar-refractivity contribution is -0.142. The molecule has 0 aliphatic rings. The summed E-state index contributed by atoms with van der Waals surface area (Å²) >= 11 is 7.19. The highest BCUT2D eigenvalue weighted by atomic mass is 35.5. The Morgan fingerprint density at radius 1 is 1.62 bits per heavy atom. The topological polar surface area (TPSA) is 46.5 Å². The lowest BCUT2D eigenvalue weighted by Gasteiger charge is -1.98. The fourth-order valence-corrected chi connectivity index (χ4v) is 1.89. The second-order valence-corrected chi connectivity index (χ2v) is 4.20. The molecule has 0 unspecified atom stereocenters. The first-order valence-corrected chi connectivity index (χ1v) is 4.91. The minimum atomic E-state index is -0.941. The van der Waals surface area contributed by atoms with E-state index in [4.69, 9.17) is 21.4 Å². The van der Waals surface area contributed by atoms with Gasteiger partial charge in [0, 0.05) is 11.3 Å². The summed E-state index contributed by atoms with van der Waals surface area (Å²) < 4.78 is 5.62. The number of carboxylic acids is 1. The molecular formula is C8H9ClO3S. The maximum atomic E-state index is 10.1. The van der Waals surface area contributed by atoms with Crippen molar-refractivity contribution < 1.29 is 14.6 Å². The Hall–Kier alpha value is -0.580. The van der Waals surface area contributed by atoms with Crippen LogP contribution >= 0.6 is 22.9 Å². The van der Waals surface area contributed by atoms with Crippen LogP contribution in [0.3, 0.4) is 0 Å². The molecule has 0 amide bonds. The number of carbonyl (C=O) groups is 1. The van der Waals surface area contributed by atoms with Gasteiger partial charge in [0.05, 0.1) is 10.9 Å². The van der Waals surface area contributed by atoms with E-state index < -0.39 is 5.97 Å². The van der Waals surface area contributed by atoms with Crippen LogP contribution in [0, 0.1) is 0 Å². The van der Waals surface area contributed by atoms with Crippen LogP contribution in [0.5, 0.6) is 0 Å². The van der Waals surface area contributed by atoms with E-state index in [1.165, 1.54) is 11.3 Å². The first-order chi connectivity index (χ1) is 6.18. The van der Waals surface area contributed by atoms with Crippen molar-refractivity contribution in [2.75, 3.05) is 13.2 Å². The van der Waals surface area contributed by atoms with Crippen molar-refractivity contribution in [1.82, 2.24) is 0 Å². The Labute approximate surface area is 84.9 Å². The van der Waals surface area contributed by atoms with E-state index in [-0.39, 0.29) is 6.61 Å². The first-order valence-electron chi connectivity index (χ1n) is 3.72. The van der Waals surface area contributed by atoms with Gasteiger partial charge < -0.3 is 9.84 Å². The van der Waals surface area contributed by atoms with Crippen LogP contribution in [0.15, 0.2) is 12.1 Å². The van der Waals surface area contributed by atoms with Crippen molar-refractivity contribution >= 4 is 28.9 Å². The number of carboxylic acid groups (broad SMARTS) is 1. The van der Waals surface area contributed by atoms with Crippen LogP contribution in [-0.2, 0) is 16.0 Å². The van der Waals surface area contributed by atoms with Crippen LogP contribution in [0.1, 0.15) is 4.88 Å². The zero-order chi connectivity index (χ0) is 9.68. The van der Waals surface area contributed by atoms with Crippen LogP contribution in [0.4, 0.5) is 0 Å².